The molecular weight excluding hydrogens is 380 g/mol. The Hall–Kier alpha value is -3.80. The van der Waals surface area contributed by atoms with E-state index in [0.29, 0.717) is 28.6 Å². The summed E-state index contributed by atoms with van der Waals surface area (Å²) in [7, 11) is 0. The first-order chi connectivity index (χ1) is 14.5. The van der Waals surface area contributed by atoms with Gasteiger partial charge in [0, 0.05) is 5.56 Å². The number of nitrogens with zero attached hydrogens (tertiary/aromatic N) is 2. The molecule has 2 aliphatic rings. The molecule has 2 aliphatic heterocycles. The average molecular weight is 400 g/mol. The molecule has 6 nitrogen and oxygen atoms in total. The van der Waals surface area contributed by atoms with Crippen LogP contribution in [-0.4, -0.2) is 18.4 Å². The van der Waals surface area contributed by atoms with Gasteiger partial charge in [0.1, 0.15) is 11.5 Å². The zero-order valence-electron chi connectivity index (χ0n) is 16.9. The molecule has 0 saturated heterocycles. The van der Waals surface area contributed by atoms with Gasteiger partial charge in [-0.3, -0.25) is 4.79 Å². The minimum absolute atomic E-state index is 0.170. The number of ether oxygens (including phenoxy) is 2. The molecule has 30 heavy (non-hydrogen) atoms. The highest BCUT2D eigenvalue weighted by atomic mass is 16.7. The molecule has 6 heteroatoms. The Morgan fingerprint density at radius 3 is 2.60 bits per heavy atom. The number of amides is 1. The molecule has 5 rings (SSSR count). The van der Waals surface area contributed by atoms with Gasteiger partial charge in [-0.1, -0.05) is 6.07 Å². The summed E-state index contributed by atoms with van der Waals surface area (Å²) >= 11 is 0. The average Bonchev–Trinajstić information content (AvgIpc) is 3.45. The van der Waals surface area contributed by atoms with Crippen LogP contribution in [0.3, 0.4) is 0 Å². The van der Waals surface area contributed by atoms with Crippen molar-refractivity contribution in [1.82, 2.24) is 0 Å². The number of hydrazone groups is 1. The Bertz CT molecular complexity index is 1240. The van der Waals surface area contributed by atoms with Gasteiger partial charge in [-0.15, -0.1) is 0 Å². The summed E-state index contributed by atoms with van der Waals surface area (Å²) in [5.41, 5.74) is 5.09. The van der Waals surface area contributed by atoms with Crippen molar-refractivity contribution in [2.75, 3.05) is 11.8 Å². The number of aryl methyl sites for hydroxylation is 2. The first kappa shape index (κ1) is 18.2. The van der Waals surface area contributed by atoms with Crippen LogP contribution in [-0.2, 0) is 4.79 Å². The number of hydrogen-bond acceptors (Lipinski definition) is 5. The fourth-order valence-corrected chi connectivity index (χ4v) is 3.49. The highest BCUT2D eigenvalue weighted by molar-refractivity contribution is 6.32. The maximum atomic E-state index is 13.0. The zero-order valence-corrected chi connectivity index (χ0v) is 16.9. The van der Waals surface area contributed by atoms with Gasteiger partial charge in [-0.2, -0.15) is 10.1 Å². The second-order valence-electron chi connectivity index (χ2n) is 7.40. The number of carbonyl (C=O) groups is 1. The Morgan fingerprint density at radius 1 is 0.933 bits per heavy atom. The van der Waals surface area contributed by atoms with Gasteiger partial charge in [-0.25, -0.2) is 0 Å². The van der Waals surface area contributed by atoms with E-state index in [2.05, 4.69) is 5.10 Å². The molecular formula is C24H20N2O4. The van der Waals surface area contributed by atoms with Gasteiger partial charge in [-0.05, 0) is 80.4 Å². The summed E-state index contributed by atoms with van der Waals surface area (Å²) in [6, 6.07) is 15.2. The zero-order chi connectivity index (χ0) is 20.8. The number of fused-ring (bicyclic) bond motifs is 1. The standard InChI is InChI=1S/C24H20N2O4/c1-14-4-6-18(10-15(14)2)26-24(27)20(16(3)25-26)12-19-7-9-21(30-19)17-5-8-22-23(11-17)29-13-28-22/h4-12H,13H2,1-3H3/b20-12-. The van der Waals surface area contributed by atoms with E-state index in [1.54, 1.807) is 6.08 Å². The number of benzene rings is 2. The van der Waals surface area contributed by atoms with Gasteiger partial charge in [0.2, 0.25) is 6.79 Å². The molecule has 2 aromatic carbocycles. The largest absolute Gasteiger partial charge is 0.457 e. The molecule has 3 heterocycles. The molecule has 0 atom stereocenters. The predicted octanol–water partition coefficient (Wildman–Crippen LogP) is 5.10. The Balaban J connectivity index is 1.42. The summed E-state index contributed by atoms with van der Waals surface area (Å²) < 4.78 is 16.7. The highest BCUT2D eigenvalue weighted by Crippen LogP contribution is 2.36. The molecule has 0 spiro atoms. The molecule has 0 N–H and O–H groups in total. The maximum Gasteiger partial charge on any atom is 0.280 e. The lowest BCUT2D eigenvalue weighted by molar-refractivity contribution is -0.114. The summed E-state index contributed by atoms with van der Waals surface area (Å²) in [4.78, 5) is 13.0. The molecule has 0 bridgehead atoms. The van der Waals surface area contributed by atoms with E-state index < -0.39 is 0 Å². The van der Waals surface area contributed by atoms with E-state index in [4.69, 9.17) is 13.9 Å². The number of anilines is 1. The Morgan fingerprint density at radius 2 is 1.77 bits per heavy atom. The van der Waals surface area contributed by atoms with E-state index in [1.807, 2.05) is 69.3 Å². The second kappa shape index (κ2) is 6.91. The van der Waals surface area contributed by atoms with Crippen molar-refractivity contribution in [3.05, 3.63) is 71.0 Å². The number of hydrogen-bond donors (Lipinski definition) is 0. The highest BCUT2D eigenvalue weighted by Gasteiger charge is 2.29. The number of carbonyl (C=O) groups excluding carboxylic acids is 1. The van der Waals surface area contributed by atoms with Crippen molar-refractivity contribution in [3.63, 3.8) is 0 Å². The van der Waals surface area contributed by atoms with Crippen molar-refractivity contribution >= 4 is 23.4 Å². The SMILES string of the molecule is CC1=NN(c2ccc(C)c(C)c2)C(=O)/C1=C\c1ccc(-c2ccc3c(c2)OCO3)o1. The molecule has 0 unspecified atom stereocenters. The fourth-order valence-electron chi connectivity index (χ4n) is 3.49. The summed E-state index contributed by atoms with van der Waals surface area (Å²) in [6.07, 6.45) is 1.73. The van der Waals surface area contributed by atoms with Gasteiger partial charge >= 0.3 is 0 Å². The van der Waals surface area contributed by atoms with E-state index in [9.17, 15) is 4.79 Å². The normalized spacial score (nSPS) is 16.5. The number of furan rings is 1. The van der Waals surface area contributed by atoms with Crippen LogP contribution in [0.1, 0.15) is 23.8 Å². The van der Waals surface area contributed by atoms with Crippen LogP contribution in [0.25, 0.3) is 17.4 Å². The lowest BCUT2D eigenvalue weighted by Crippen LogP contribution is -2.21. The Kier molecular flexibility index (Phi) is 4.20. The summed E-state index contributed by atoms with van der Waals surface area (Å²) in [5.74, 6) is 2.52. The third-order valence-corrected chi connectivity index (χ3v) is 5.37. The van der Waals surface area contributed by atoms with Crippen LogP contribution in [0.15, 0.2) is 63.6 Å². The minimum Gasteiger partial charge on any atom is -0.457 e. The molecule has 0 radical (unpaired) electrons. The monoisotopic (exact) mass is 400 g/mol. The first-order valence-corrected chi connectivity index (χ1v) is 9.68. The fraction of sp³-hybridized carbons (Fsp3) is 0.167. The van der Waals surface area contributed by atoms with Gasteiger partial charge in [0.15, 0.2) is 11.5 Å². The van der Waals surface area contributed by atoms with Gasteiger partial charge in [0.05, 0.1) is 17.0 Å². The van der Waals surface area contributed by atoms with Crippen molar-refractivity contribution in [2.24, 2.45) is 5.10 Å². The van der Waals surface area contributed by atoms with Crippen molar-refractivity contribution in [1.29, 1.82) is 0 Å². The van der Waals surface area contributed by atoms with E-state index in [0.717, 1.165) is 22.6 Å². The molecule has 0 saturated carbocycles. The summed E-state index contributed by atoms with van der Waals surface area (Å²) in [6.45, 7) is 6.12. The smallest absolute Gasteiger partial charge is 0.280 e. The molecule has 0 fully saturated rings. The third kappa shape index (κ3) is 3.06. The number of rotatable bonds is 3. The van der Waals surface area contributed by atoms with E-state index in [-0.39, 0.29) is 12.7 Å². The van der Waals surface area contributed by atoms with Crippen molar-refractivity contribution < 1.29 is 18.7 Å². The van der Waals surface area contributed by atoms with Crippen LogP contribution in [0.2, 0.25) is 0 Å². The van der Waals surface area contributed by atoms with Crippen LogP contribution in [0.5, 0.6) is 11.5 Å². The van der Waals surface area contributed by atoms with Crippen molar-refractivity contribution in [3.8, 4) is 22.8 Å². The van der Waals surface area contributed by atoms with Crippen LogP contribution < -0.4 is 14.5 Å². The van der Waals surface area contributed by atoms with Gasteiger partial charge in [0.25, 0.3) is 5.91 Å². The molecule has 150 valence electrons. The Labute approximate surface area is 174 Å². The van der Waals surface area contributed by atoms with Crippen molar-refractivity contribution in [2.45, 2.75) is 20.8 Å². The van der Waals surface area contributed by atoms with Crippen LogP contribution in [0, 0.1) is 13.8 Å². The van der Waals surface area contributed by atoms with E-state index >= 15 is 0 Å². The third-order valence-electron chi connectivity index (χ3n) is 5.37. The maximum absolute atomic E-state index is 13.0. The summed E-state index contributed by atoms with van der Waals surface area (Å²) in [5, 5.41) is 5.89. The lowest BCUT2D eigenvalue weighted by Gasteiger charge is -2.13. The topological polar surface area (TPSA) is 64.3 Å². The molecule has 1 aromatic heterocycles. The first-order valence-electron chi connectivity index (χ1n) is 9.68. The van der Waals surface area contributed by atoms with E-state index in [1.165, 1.54) is 10.6 Å². The second-order valence-corrected chi connectivity index (χ2v) is 7.40. The quantitative estimate of drug-likeness (QED) is 0.574. The molecule has 0 aliphatic carbocycles. The minimum atomic E-state index is -0.170. The van der Waals surface area contributed by atoms with Crippen LogP contribution in [0.4, 0.5) is 5.69 Å². The molecule has 1 amide bonds. The molecule has 3 aromatic rings. The van der Waals surface area contributed by atoms with Crippen LogP contribution >= 0.6 is 0 Å². The van der Waals surface area contributed by atoms with Gasteiger partial charge < -0.3 is 13.9 Å². The lowest BCUT2D eigenvalue weighted by atomic mass is 10.1. The predicted molar refractivity (Wildman–Crippen MR) is 115 cm³/mol.